The Hall–Kier alpha value is -7.87. The highest BCUT2D eigenvalue weighted by atomic mass is 15.0. The molecule has 0 spiro atoms. The Bertz CT molecular complexity index is 3940. The van der Waals surface area contributed by atoms with Crippen LogP contribution < -0.4 is 32.8 Å². The van der Waals surface area contributed by atoms with Crippen LogP contribution in [0.1, 0.15) is 33.4 Å². The summed E-state index contributed by atoms with van der Waals surface area (Å²) in [6, 6.07) is 72.3. The van der Waals surface area contributed by atoms with Gasteiger partial charge in [-0.1, -0.05) is 220 Å². The Morgan fingerprint density at radius 2 is 0.623 bits per heavy atom. The van der Waals surface area contributed by atoms with Gasteiger partial charge in [0, 0.05) is 27.5 Å². The molecule has 12 aromatic rings. The summed E-state index contributed by atoms with van der Waals surface area (Å²) in [5.74, 6) is 0. The van der Waals surface area contributed by atoms with Gasteiger partial charge in [-0.3, -0.25) is 0 Å². The van der Waals surface area contributed by atoms with E-state index in [-0.39, 0.29) is 13.4 Å². The first-order valence-corrected chi connectivity index (χ1v) is 24.6. The zero-order chi connectivity index (χ0) is 46.4. The second-order valence-electron chi connectivity index (χ2n) is 20.3. The van der Waals surface area contributed by atoms with Crippen molar-refractivity contribution in [1.82, 2.24) is 4.57 Å². The number of benzene rings is 11. The van der Waals surface area contributed by atoms with E-state index in [1.165, 1.54) is 159 Å². The maximum atomic E-state index is 2.73. The van der Waals surface area contributed by atoms with Gasteiger partial charge in [-0.25, -0.2) is 0 Å². The minimum Gasteiger partial charge on any atom is -0.311 e. The first-order chi connectivity index (χ1) is 33.7. The summed E-state index contributed by atoms with van der Waals surface area (Å²) in [5, 5.41) is 10.2. The number of nitrogens with zero attached hydrogens (tertiary/aromatic N) is 1. The van der Waals surface area contributed by atoms with Crippen LogP contribution in [0.3, 0.4) is 0 Å². The van der Waals surface area contributed by atoms with Crippen LogP contribution in [0.25, 0.3) is 93.2 Å². The molecule has 0 atom stereocenters. The van der Waals surface area contributed by atoms with Gasteiger partial charge in [0.2, 0.25) is 13.4 Å². The minimum absolute atomic E-state index is 0.0246. The summed E-state index contributed by atoms with van der Waals surface area (Å²) in [4.78, 5) is 0. The highest BCUT2D eigenvalue weighted by Crippen LogP contribution is 2.42. The Morgan fingerprint density at radius 1 is 0.304 bits per heavy atom. The average Bonchev–Trinajstić information content (AvgIpc) is 3.69. The SMILES string of the molecule is Cc1cc(C)c(B2c3cc(-c4cccc5ccccc45)cc4c3-n3c5c2cc(-c2cccc6ccccc26)cc5c2cc(-c5cccc6ccccc56)cc(c23)B4c2c(C)cc(C)cc2C)c(C)c1. The Labute approximate surface area is 404 Å². The second-order valence-corrected chi connectivity index (χ2v) is 20.3. The van der Waals surface area contributed by atoms with Crippen molar-refractivity contribution in [2.24, 2.45) is 0 Å². The maximum absolute atomic E-state index is 2.73. The maximum Gasteiger partial charge on any atom is 0.247 e. The van der Waals surface area contributed by atoms with Gasteiger partial charge in [-0.05, 0) is 141 Å². The van der Waals surface area contributed by atoms with Crippen molar-refractivity contribution < 1.29 is 0 Å². The van der Waals surface area contributed by atoms with Crippen LogP contribution in [0.2, 0.25) is 0 Å². The van der Waals surface area contributed by atoms with Gasteiger partial charge in [0.1, 0.15) is 0 Å². The molecule has 2 aliphatic heterocycles. The van der Waals surface area contributed by atoms with E-state index < -0.39 is 0 Å². The molecule has 0 bridgehead atoms. The molecule has 2 aliphatic rings. The Balaban J connectivity index is 1.23. The van der Waals surface area contributed by atoms with Crippen LogP contribution >= 0.6 is 0 Å². The lowest BCUT2D eigenvalue weighted by Gasteiger charge is -2.37. The highest BCUT2D eigenvalue weighted by molar-refractivity contribution is 7.02. The average molecular weight is 878 g/mol. The molecule has 0 saturated heterocycles. The number of hydrogen-bond acceptors (Lipinski definition) is 0. The molecule has 11 aromatic carbocycles. The van der Waals surface area contributed by atoms with Crippen LogP contribution in [-0.4, -0.2) is 18.0 Å². The molecule has 0 N–H and O–H groups in total. The quantitative estimate of drug-likeness (QED) is 0.152. The molecule has 14 rings (SSSR count). The summed E-state index contributed by atoms with van der Waals surface area (Å²) in [7, 11) is 0. The van der Waals surface area contributed by atoms with E-state index in [0.29, 0.717) is 0 Å². The summed E-state index contributed by atoms with van der Waals surface area (Å²) in [5.41, 5.74) is 27.9. The summed E-state index contributed by atoms with van der Waals surface area (Å²) >= 11 is 0. The third kappa shape index (κ3) is 5.80. The molecule has 1 aromatic heterocycles. The molecule has 324 valence electrons. The van der Waals surface area contributed by atoms with Crippen molar-refractivity contribution in [2.75, 3.05) is 0 Å². The molecule has 0 radical (unpaired) electrons. The number of aromatic nitrogens is 1. The fourth-order valence-corrected chi connectivity index (χ4v) is 13.5. The lowest BCUT2D eigenvalue weighted by molar-refractivity contribution is 1.20. The van der Waals surface area contributed by atoms with Crippen molar-refractivity contribution in [1.29, 1.82) is 0 Å². The van der Waals surface area contributed by atoms with Gasteiger partial charge in [-0.2, -0.15) is 0 Å². The van der Waals surface area contributed by atoms with E-state index in [1.54, 1.807) is 0 Å². The van der Waals surface area contributed by atoms with Crippen LogP contribution in [0, 0.1) is 41.5 Å². The van der Waals surface area contributed by atoms with Gasteiger partial charge in [0.05, 0.1) is 0 Å². The number of fused-ring (bicyclic) bond motifs is 4. The molecular weight excluding hydrogens is 828 g/mol. The lowest BCUT2D eigenvalue weighted by atomic mass is 9.30. The van der Waals surface area contributed by atoms with Crippen molar-refractivity contribution in [3.63, 3.8) is 0 Å². The van der Waals surface area contributed by atoms with Crippen LogP contribution in [-0.2, 0) is 0 Å². The summed E-state index contributed by atoms with van der Waals surface area (Å²) < 4.78 is 2.73. The van der Waals surface area contributed by atoms with Crippen LogP contribution in [0.5, 0.6) is 0 Å². The number of rotatable bonds is 5. The molecule has 1 nitrogen and oxygen atoms in total. The van der Waals surface area contributed by atoms with E-state index in [0.717, 1.165) is 0 Å². The molecule has 0 unspecified atom stereocenters. The standard InChI is InChI=1S/C66H49B2N/c1-38-28-40(3)62(41(4)29-38)67-58-34-47(53-25-13-19-44-16-7-10-22-50(44)53)32-56-57-33-48(54-26-14-20-45-17-8-11-23-51(45)54)35-59-65(57)69(64(56)58)66-60(67)36-49(55-27-15-21-46-18-9-12-24-52(46)55)37-61(66)68(59)63-42(5)30-39(2)31-43(63)6/h7-37H,1-6H3. The van der Waals surface area contributed by atoms with Crippen molar-refractivity contribution in [3.8, 4) is 39.1 Å². The Morgan fingerprint density at radius 3 is 1.00 bits per heavy atom. The lowest BCUT2D eigenvalue weighted by Crippen LogP contribution is -2.64. The minimum atomic E-state index is -0.0246. The first-order valence-electron chi connectivity index (χ1n) is 24.6. The van der Waals surface area contributed by atoms with Gasteiger partial charge in [0.15, 0.2) is 0 Å². The van der Waals surface area contributed by atoms with Crippen LogP contribution in [0.15, 0.2) is 188 Å². The van der Waals surface area contributed by atoms with Gasteiger partial charge < -0.3 is 4.57 Å². The second kappa shape index (κ2) is 14.8. The number of hydrogen-bond donors (Lipinski definition) is 0. The summed E-state index contributed by atoms with van der Waals surface area (Å²) in [6.07, 6.45) is 0. The largest absolute Gasteiger partial charge is 0.311 e. The first kappa shape index (κ1) is 40.2. The number of aryl methyl sites for hydroxylation is 6. The zero-order valence-electron chi connectivity index (χ0n) is 40.0. The van der Waals surface area contributed by atoms with Crippen molar-refractivity contribution in [3.05, 3.63) is 221 Å². The van der Waals surface area contributed by atoms with Gasteiger partial charge in [0.25, 0.3) is 0 Å². The third-order valence-electron chi connectivity index (χ3n) is 16.0. The smallest absolute Gasteiger partial charge is 0.247 e. The summed E-state index contributed by atoms with van der Waals surface area (Å²) in [6.45, 7) is 13.8. The monoisotopic (exact) mass is 877 g/mol. The van der Waals surface area contributed by atoms with E-state index in [2.05, 4.69) is 234 Å². The van der Waals surface area contributed by atoms with E-state index >= 15 is 0 Å². The molecule has 0 aliphatic carbocycles. The highest BCUT2D eigenvalue weighted by Gasteiger charge is 2.44. The topological polar surface area (TPSA) is 4.93 Å². The zero-order valence-corrected chi connectivity index (χ0v) is 40.0. The molecule has 0 saturated carbocycles. The predicted molar refractivity (Wildman–Crippen MR) is 300 cm³/mol. The fraction of sp³-hybridized carbons (Fsp3) is 0.0909. The van der Waals surface area contributed by atoms with E-state index in [1.807, 2.05) is 0 Å². The predicted octanol–water partition coefficient (Wildman–Crippen LogP) is 12.8. The van der Waals surface area contributed by atoms with Crippen molar-refractivity contribution in [2.45, 2.75) is 41.5 Å². The molecule has 0 fully saturated rings. The fourth-order valence-electron chi connectivity index (χ4n) is 13.5. The van der Waals surface area contributed by atoms with E-state index in [4.69, 9.17) is 0 Å². The van der Waals surface area contributed by atoms with Crippen LogP contribution in [0.4, 0.5) is 0 Å². The normalized spacial score (nSPS) is 12.7. The van der Waals surface area contributed by atoms with E-state index in [9.17, 15) is 0 Å². The van der Waals surface area contributed by atoms with Crippen molar-refractivity contribution >= 4 is 100 Å². The molecule has 3 heterocycles. The van der Waals surface area contributed by atoms with Gasteiger partial charge in [-0.15, -0.1) is 0 Å². The van der Waals surface area contributed by atoms with Gasteiger partial charge >= 0.3 is 0 Å². The Kier molecular flexibility index (Phi) is 8.63. The molecule has 0 amide bonds. The molecule has 3 heteroatoms. The molecule has 69 heavy (non-hydrogen) atoms. The molecular formula is C66H49B2N. The third-order valence-corrected chi connectivity index (χ3v) is 16.0.